The second-order valence-electron chi connectivity index (χ2n) is 5.92. The van der Waals surface area contributed by atoms with E-state index < -0.39 is 0 Å². The Morgan fingerprint density at radius 3 is 2.42 bits per heavy atom. The first kappa shape index (κ1) is 16.5. The predicted octanol–water partition coefficient (Wildman–Crippen LogP) is 4.20. The third-order valence-electron chi connectivity index (χ3n) is 4.10. The fraction of sp³-hybridized carbons (Fsp3) is 0.263. The normalized spacial score (nSPS) is 13.7. The Kier molecular flexibility index (Phi) is 5.11. The van der Waals surface area contributed by atoms with E-state index in [0.717, 1.165) is 24.2 Å². The van der Waals surface area contributed by atoms with Gasteiger partial charge in [-0.3, -0.25) is 4.79 Å². The second-order valence-corrected chi connectivity index (χ2v) is 6.33. The average molecular weight is 340 g/mol. The molecule has 2 aromatic carbocycles. The Morgan fingerprint density at radius 2 is 1.75 bits per heavy atom. The topological polar surface area (TPSA) is 50.4 Å². The van der Waals surface area contributed by atoms with Crippen molar-refractivity contribution >= 4 is 28.8 Å². The maximum Gasteiger partial charge on any atom is 0.283 e. The number of carbonyl (C=O) groups excluding carboxylic acids is 1. The van der Waals surface area contributed by atoms with Crippen LogP contribution in [0.2, 0.25) is 0 Å². The summed E-state index contributed by atoms with van der Waals surface area (Å²) in [4.78, 5) is 12.5. The highest BCUT2D eigenvalue weighted by Gasteiger charge is 2.21. The molecule has 0 bridgehead atoms. The van der Waals surface area contributed by atoms with Crippen LogP contribution in [-0.2, 0) is 4.79 Å². The summed E-state index contributed by atoms with van der Waals surface area (Å²) in [6, 6.07) is 15.4. The number of rotatable bonds is 4. The van der Waals surface area contributed by atoms with Crippen LogP contribution >= 0.6 is 12.2 Å². The molecule has 4 nitrogen and oxygen atoms in total. The minimum Gasteiger partial charge on any atom is -0.455 e. The number of aryl methyl sites for hydroxylation is 1. The lowest BCUT2D eigenvalue weighted by atomic mass is 9.93. The van der Waals surface area contributed by atoms with Gasteiger partial charge in [0.2, 0.25) is 0 Å². The molecule has 124 valence electrons. The first-order valence-electron chi connectivity index (χ1n) is 8.08. The van der Waals surface area contributed by atoms with Crippen molar-refractivity contribution < 1.29 is 9.53 Å². The minimum absolute atomic E-state index is 0.227. The predicted molar refractivity (Wildman–Crippen MR) is 99.7 cm³/mol. The molecule has 2 aromatic rings. The number of ether oxygens (including phenoxy) is 1. The van der Waals surface area contributed by atoms with Crippen LogP contribution in [-0.4, -0.2) is 16.9 Å². The van der Waals surface area contributed by atoms with Gasteiger partial charge in [0.1, 0.15) is 5.75 Å². The summed E-state index contributed by atoms with van der Waals surface area (Å²) in [7, 11) is 0. The molecule has 1 aliphatic carbocycles. The molecule has 3 rings (SSSR count). The lowest BCUT2D eigenvalue weighted by Crippen LogP contribution is -2.43. The van der Waals surface area contributed by atoms with Crippen molar-refractivity contribution in [1.82, 2.24) is 5.32 Å². The van der Waals surface area contributed by atoms with Gasteiger partial charge in [0, 0.05) is 6.04 Å². The summed E-state index contributed by atoms with van der Waals surface area (Å²) < 4.78 is 5.96. The molecule has 1 aliphatic rings. The maximum absolute atomic E-state index is 12.3. The molecular formula is C19H20N2O2S. The minimum atomic E-state index is -0.308. The Hall–Kier alpha value is -2.40. The van der Waals surface area contributed by atoms with Gasteiger partial charge in [0.15, 0.2) is 10.7 Å². The largest absolute Gasteiger partial charge is 0.455 e. The molecule has 1 amide bonds. The summed E-state index contributed by atoms with van der Waals surface area (Å²) in [6.45, 7) is 1.98. The van der Waals surface area contributed by atoms with Crippen LogP contribution in [0.25, 0.3) is 0 Å². The molecule has 0 radical (unpaired) electrons. The van der Waals surface area contributed by atoms with E-state index in [1.807, 2.05) is 49.4 Å². The van der Waals surface area contributed by atoms with E-state index in [2.05, 4.69) is 10.6 Å². The Bertz CT molecular complexity index is 757. The van der Waals surface area contributed by atoms with Gasteiger partial charge in [-0.1, -0.05) is 42.5 Å². The first-order valence-corrected chi connectivity index (χ1v) is 8.48. The van der Waals surface area contributed by atoms with Gasteiger partial charge in [-0.05, 0) is 49.9 Å². The molecule has 1 fully saturated rings. The van der Waals surface area contributed by atoms with Crippen LogP contribution < -0.4 is 15.4 Å². The lowest BCUT2D eigenvalue weighted by Gasteiger charge is -2.27. The number of nitrogens with one attached hydrogen (secondary N) is 2. The van der Waals surface area contributed by atoms with Crippen LogP contribution in [0, 0.1) is 6.92 Å². The smallest absolute Gasteiger partial charge is 0.283 e. The molecule has 0 spiro atoms. The highest BCUT2D eigenvalue weighted by Crippen LogP contribution is 2.31. The molecule has 0 unspecified atom stereocenters. The van der Waals surface area contributed by atoms with Gasteiger partial charge < -0.3 is 15.4 Å². The molecule has 0 heterocycles. The van der Waals surface area contributed by atoms with Gasteiger partial charge in [-0.2, -0.15) is 0 Å². The number of para-hydroxylation sites is 3. The standard InChI is InChI=1S/C19H20N2O2S/c1-13-7-2-4-11-16(13)23-17-12-5-3-10-15(17)21-18(22)19(24)20-14-8-6-9-14/h2-5,7,10-12,14H,6,8-9H2,1H3,(H,20,24)(H,21,22). The quantitative estimate of drug-likeness (QED) is 0.819. The van der Waals surface area contributed by atoms with Crippen LogP contribution in [0.5, 0.6) is 11.5 Å². The van der Waals surface area contributed by atoms with Gasteiger partial charge in [0.25, 0.3) is 5.91 Å². The summed E-state index contributed by atoms with van der Waals surface area (Å²) in [6.07, 6.45) is 3.33. The third-order valence-corrected chi connectivity index (χ3v) is 4.40. The highest BCUT2D eigenvalue weighted by atomic mass is 32.1. The highest BCUT2D eigenvalue weighted by molar-refractivity contribution is 7.82. The number of amides is 1. The van der Waals surface area contributed by atoms with Crippen LogP contribution in [0.1, 0.15) is 24.8 Å². The number of hydrogen-bond donors (Lipinski definition) is 2. The number of hydrogen-bond acceptors (Lipinski definition) is 3. The first-order chi connectivity index (χ1) is 11.6. The van der Waals surface area contributed by atoms with E-state index in [9.17, 15) is 4.79 Å². The van der Waals surface area contributed by atoms with Crippen LogP contribution in [0.15, 0.2) is 48.5 Å². The maximum atomic E-state index is 12.3. The van der Waals surface area contributed by atoms with Crippen LogP contribution in [0.4, 0.5) is 5.69 Å². The zero-order valence-electron chi connectivity index (χ0n) is 13.5. The van der Waals surface area contributed by atoms with E-state index in [1.54, 1.807) is 6.07 Å². The number of benzene rings is 2. The Morgan fingerprint density at radius 1 is 1.08 bits per heavy atom. The van der Waals surface area contributed by atoms with Crippen molar-refractivity contribution in [2.24, 2.45) is 0 Å². The van der Waals surface area contributed by atoms with Crippen LogP contribution in [0.3, 0.4) is 0 Å². The van der Waals surface area contributed by atoms with Crippen molar-refractivity contribution in [3.8, 4) is 11.5 Å². The molecule has 0 aromatic heterocycles. The monoisotopic (exact) mass is 340 g/mol. The molecule has 0 atom stereocenters. The van der Waals surface area contributed by atoms with Crippen molar-refractivity contribution in [1.29, 1.82) is 0 Å². The Balaban J connectivity index is 1.70. The Labute approximate surface area is 147 Å². The molecule has 24 heavy (non-hydrogen) atoms. The second kappa shape index (κ2) is 7.45. The van der Waals surface area contributed by atoms with Crippen molar-refractivity contribution in [3.05, 3.63) is 54.1 Å². The molecule has 0 aliphatic heterocycles. The number of thiocarbonyl (C=S) groups is 1. The van der Waals surface area contributed by atoms with Crippen molar-refractivity contribution in [2.75, 3.05) is 5.32 Å². The van der Waals surface area contributed by atoms with Gasteiger partial charge in [-0.15, -0.1) is 0 Å². The van der Waals surface area contributed by atoms with E-state index >= 15 is 0 Å². The molecule has 2 N–H and O–H groups in total. The third kappa shape index (κ3) is 3.92. The van der Waals surface area contributed by atoms with Gasteiger partial charge >= 0.3 is 0 Å². The van der Waals surface area contributed by atoms with E-state index in [-0.39, 0.29) is 10.9 Å². The molecule has 5 heteroatoms. The molecule has 1 saturated carbocycles. The molecule has 0 saturated heterocycles. The fourth-order valence-corrected chi connectivity index (χ4v) is 2.65. The number of carbonyl (C=O) groups is 1. The zero-order chi connectivity index (χ0) is 16.9. The number of anilines is 1. The van der Waals surface area contributed by atoms with Crippen molar-refractivity contribution in [3.63, 3.8) is 0 Å². The lowest BCUT2D eigenvalue weighted by molar-refractivity contribution is -0.110. The summed E-state index contributed by atoms with van der Waals surface area (Å²) >= 11 is 5.18. The van der Waals surface area contributed by atoms with Gasteiger partial charge in [-0.25, -0.2) is 0 Å². The van der Waals surface area contributed by atoms with E-state index in [1.165, 1.54) is 6.42 Å². The molecular weight excluding hydrogens is 320 g/mol. The van der Waals surface area contributed by atoms with E-state index in [0.29, 0.717) is 17.5 Å². The SMILES string of the molecule is Cc1ccccc1Oc1ccccc1NC(=O)C(=S)NC1CCC1. The van der Waals surface area contributed by atoms with E-state index in [4.69, 9.17) is 17.0 Å². The average Bonchev–Trinajstić information content (AvgIpc) is 2.54. The summed E-state index contributed by atoms with van der Waals surface area (Å²) in [5.41, 5.74) is 1.63. The zero-order valence-corrected chi connectivity index (χ0v) is 14.4. The van der Waals surface area contributed by atoms with Gasteiger partial charge in [0.05, 0.1) is 5.69 Å². The van der Waals surface area contributed by atoms with Crippen molar-refractivity contribution in [2.45, 2.75) is 32.2 Å². The summed E-state index contributed by atoms with van der Waals surface area (Å²) in [5.74, 6) is 1.04. The summed E-state index contributed by atoms with van der Waals surface area (Å²) in [5, 5.41) is 5.93. The fourth-order valence-electron chi connectivity index (χ4n) is 2.43.